The first kappa shape index (κ1) is 20.3. The lowest BCUT2D eigenvalue weighted by atomic mass is 10.0. The fourth-order valence-corrected chi connectivity index (χ4v) is 3.16. The highest BCUT2D eigenvalue weighted by molar-refractivity contribution is 7.80. The van der Waals surface area contributed by atoms with E-state index in [1.807, 2.05) is 12.1 Å². The Kier molecular flexibility index (Phi) is 6.67. The van der Waals surface area contributed by atoms with Crippen LogP contribution in [0.2, 0.25) is 10.0 Å². The Morgan fingerprint density at radius 1 is 1.18 bits per heavy atom. The van der Waals surface area contributed by atoms with Crippen molar-refractivity contribution in [3.63, 3.8) is 0 Å². The molecular formula is C20H16Cl2FN3OS. The summed E-state index contributed by atoms with van der Waals surface area (Å²) in [6.07, 6.45) is 1.67. The molecule has 3 rings (SSSR count). The van der Waals surface area contributed by atoms with Gasteiger partial charge in [-0.1, -0.05) is 35.3 Å². The number of aromatic nitrogens is 1. The zero-order chi connectivity index (χ0) is 20.1. The highest BCUT2D eigenvalue weighted by Crippen LogP contribution is 2.32. The van der Waals surface area contributed by atoms with Crippen molar-refractivity contribution in [1.29, 1.82) is 0 Å². The number of hydrogen-bond acceptors (Lipinski definition) is 3. The molecule has 2 aromatic carbocycles. The van der Waals surface area contributed by atoms with Gasteiger partial charge in [0.1, 0.15) is 11.6 Å². The van der Waals surface area contributed by atoms with Gasteiger partial charge in [-0.3, -0.25) is 4.98 Å². The molecule has 0 amide bonds. The molecule has 144 valence electrons. The average Bonchev–Trinajstić information content (AvgIpc) is 2.70. The predicted octanol–water partition coefficient (Wildman–Crippen LogP) is 5.69. The lowest BCUT2D eigenvalue weighted by molar-refractivity contribution is 0.413. The number of nitrogens with one attached hydrogen (secondary N) is 2. The second-order valence-electron chi connectivity index (χ2n) is 5.76. The fourth-order valence-electron chi connectivity index (χ4n) is 2.63. The van der Waals surface area contributed by atoms with Crippen LogP contribution in [0.3, 0.4) is 0 Å². The van der Waals surface area contributed by atoms with Gasteiger partial charge in [0.25, 0.3) is 0 Å². The van der Waals surface area contributed by atoms with E-state index in [0.717, 1.165) is 5.56 Å². The number of methoxy groups -OCH3 is 1. The average molecular weight is 436 g/mol. The van der Waals surface area contributed by atoms with E-state index in [9.17, 15) is 4.39 Å². The maximum Gasteiger partial charge on any atom is 0.171 e. The summed E-state index contributed by atoms with van der Waals surface area (Å²) >= 11 is 17.5. The quantitative estimate of drug-likeness (QED) is 0.504. The summed E-state index contributed by atoms with van der Waals surface area (Å²) in [4.78, 5) is 4.43. The van der Waals surface area contributed by atoms with Crippen molar-refractivity contribution >= 4 is 46.2 Å². The Bertz CT molecular complexity index is 1020. The topological polar surface area (TPSA) is 46.2 Å². The smallest absolute Gasteiger partial charge is 0.171 e. The molecule has 0 saturated carbocycles. The van der Waals surface area contributed by atoms with Gasteiger partial charge in [0.2, 0.25) is 0 Å². The van der Waals surface area contributed by atoms with E-state index in [0.29, 0.717) is 44.4 Å². The molecule has 0 unspecified atom stereocenters. The zero-order valence-electron chi connectivity index (χ0n) is 14.8. The van der Waals surface area contributed by atoms with Crippen LogP contribution in [0.4, 0.5) is 10.1 Å². The van der Waals surface area contributed by atoms with E-state index < -0.39 is 0 Å². The largest absolute Gasteiger partial charge is 0.496 e. The molecule has 0 aliphatic carbocycles. The Balaban J connectivity index is 1.77. The number of thiocarbonyl (C=S) groups is 1. The first-order valence-corrected chi connectivity index (χ1v) is 9.42. The lowest BCUT2D eigenvalue weighted by Crippen LogP contribution is -2.28. The lowest BCUT2D eigenvalue weighted by Gasteiger charge is -2.15. The third-order valence-electron chi connectivity index (χ3n) is 3.95. The van der Waals surface area contributed by atoms with Crippen LogP contribution in [-0.4, -0.2) is 17.2 Å². The molecule has 0 aliphatic rings. The van der Waals surface area contributed by atoms with Crippen LogP contribution >= 0.6 is 35.4 Å². The molecule has 0 bridgehead atoms. The van der Waals surface area contributed by atoms with E-state index >= 15 is 0 Å². The molecule has 1 heterocycles. The van der Waals surface area contributed by atoms with Gasteiger partial charge in [0.05, 0.1) is 28.5 Å². The Morgan fingerprint density at radius 2 is 2.00 bits per heavy atom. The third-order valence-corrected chi connectivity index (χ3v) is 5.01. The van der Waals surface area contributed by atoms with Gasteiger partial charge in [-0.2, -0.15) is 0 Å². The summed E-state index contributed by atoms with van der Waals surface area (Å²) in [6.45, 7) is 0.397. The number of hydrogen-bond donors (Lipinski definition) is 2. The number of rotatable bonds is 5. The van der Waals surface area contributed by atoms with Gasteiger partial charge in [-0.05, 0) is 48.1 Å². The summed E-state index contributed by atoms with van der Waals surface area (Å²) in [5.74, 6) is 0.0337. The second kappa shape index (κ2) is 9.19. The fraction of sp³-hybridized carbons (Fsp3) is 0.100. The predicted molar refractivity (Wildman–Crippen MR) is 116 cm³/mol. The minimum atomic E-state index is -0.375. The maximum absolute atomic E-state index is 13.5. The van der Waals surface area contributed by atoms with Crippen LogP contribution in [0, 0.1) is 5.82 Å². The molecular weight excluding hydrogens is 420 g/mol. The molecule has 0 spiro atoms. The van der Waals surface area contributed by atoms with Crippen LogP contribution in [0.5, 0.6) is 5.75 Å². The first-order valence-electron chi connectivity index (χ1n) is 8.26. The summed E-state index contributed by atoms with van der Waals surface area (Å²) in [5.41, 5.74) is 2.85. The molecule has 2 N–H and O–H groups in total. The van der Waals surface area contributed by atoms with Gasteiger partial charge in [-0.25, -0.2) is 4.39 Å². The second-order valence-corrected chi connectivity index (χ2v) is 6.96. The number of ether oxygens (including phenoxy) is 1. The third kappa shape index (κ3) is 4.70. The van der Waals surface area contributed by atoms with Gasteiger partial charge in [0, 0.05) is 24.4 Å². The van der Waals surface area contributed by atoms with E-state index in [-0.39, 0.29) is 5.82 Å². The molecule has 4 nitrogen and oxygen atoms in total. The van der Waals surface area contributed by atoms with E-state index in [1.165, 1.54) is 19.2 Å². The van der Waals surface area contributed by atoms with Crippen LogP contribution in [0.1, 0.15) is 5.56 Å². The van der Waals surface area contributed by atoms with E-state index in [1.54, 1.807) is 30.5 Å². The van der Waals surface area contributed by atoms with E-state index in [2.05, 4.69) is 15.6 Å². The monoisotopic (exact) mass is 435 g/mol. The minimum Gasteiger partial charge on any atom is -0.496 e. The molecule has 28 heavy (non-hydrogen) atoms. The van der Waals surface area contributed by atoms with Gasteiger partial charge in [-0.15, -0.1) is 0 Å². The Morgan fingerprint density at radius 3 is 2.79 bits per heavy atom. The Labute approximate surface area is 177 Å². The van der Waals surface area contributed by atoms with Gasteiger partial charge in [0.15, 0.2) is 5.11 Å². The van der Waals surface area contributed by atoms with Crippen molar-refractivity contribution in [3.8, 4) is 17.0 Å². The zero-order valence-corrected chi connectivity index (χ0v) is 17.1. The minimum absolute atomic E-state index is 0.375. The number of benzene rings is 2. The van der Waals surface area contributed by atoms with E-state index in [4.69, 9.17) is 40.2 Å². The number of pyridine rings is 1. The van der Waals surface area contributed by atoms with Gasteiger partial charge < -0.3 is 15.4 Å². The number of anilines is 1. The summed E-state index contributed by atoms with van der Waals surface area (Å²) in [7, 11) is 1.49. The molecule has 8 heteroatoms. The molecule has 3 aromatic rings. The highest BCUT2D eigenvalue weighted by atomic mass is 35.5. The normalized spacial score (nSPS) is 10.4. The number of nitrogens with zero attached hydrogens (tertiary/aromatic N) is 1. The maximum atomic E-state index is 13.5. The Hall–Kier alpha value is -2.41. The summed E-state index contributed by atoms with van der Waals surface area (Å²) in [6, 6.07) is 13.3. The van der Waals surface area contributed by atoms with Crippen molar-refractivity contribution in [2.75, 3.05) is 12.4 Å². The molecule has 0 radical (unpaired) electrons. The van der Waals surface area contributed by atoms with Crippen LogP contribution in [0.25, 0.3) is 11.3 Å². The molecule has 0 atom stereocenters. The molecule has 1 aromatic heterocycles. The first-order chi connectivity index (χ1) is 13.5. The van der Waals surface area contributed by atoms with Crippen LogP contribution in [0.15, 0.2) is 54.7 Å². The SMILES string of the molecule is COc1cc(F)ccc1-c1ncccc1CNC(=S)Nc1cccc(Cl)c1Cl. The van der Waals surface area contributed by atoms with Crippen molar-refractivity contribution in [2.45, 2.75) is 6.54 Å². The number of halogens is 3. The van der Waals surface area contributed by atoms with Crippen molar-refractivity contribution in [1.82, 2.24) is 10.3 Å². The molecule has 0 saturated heterocycles. The van der Waals surface area contributed by atoms with Crippen molar-refractivity contribution in [3.05, 3.63) is 76.2 Å². The molecule has 0 aliphatic heterocycles. The highest BCUT2D eigenvalue weighted by Gasteiger charge is 2.13. The van der Waals surface area contributed by atoms with Crippen LogP contribution in [-0.2, 0) is 6.54 Å². The van der Waals surface area contributed by atoms with Crippen molar-refractivity contribution < 1.29 is 9.13 Å². The summed E-state index contributed by atoms with van der Waals surface area (Å²) < 4.78 is 18.8. The van der Waals surface area contributed by atoms with Crippen LogP contribution < -0.4 is 15.4 Å². The standard InChI is InChI=1S/C20H16Cl2FN3OS/c1-27-17-10-13(23)7-8-14(17)19-12(4-3-9-24-19)11-25-20(28)26-16-6-2-5-15(21)18(16)22/h2-10H,11H2,1H3,(H2,25,26,28). The summed E-state index contributed by atoms with van der Waals surface area (Å²) in [5, 5.41) is 7.35. The van der Waals surface area contributed by atoms with Crippen molar-refractivity contribution in [2.24, 2.45) is 0 Å². The van der Waals surface area contributed by atoms with Gasteiger partial charge >= 0.3 is 0 Å². The molecule has 0 fully saturated rings.